The number of fused-ring (bicyclic) bond motifs is 1. The molecule has 0 saturated carbocycles. The van der Waals surface area contributed by atoms with Crippen molar-refractivity contribution < 1.29 is 4.79 Å². The maximum absolute atomic E-state index is 13.5. The Balaban J connectivity index is 1.79. The number of aryl methyl sites for hydroxylation is 1. The lowest BCUT2D eigenvalue weighted by molar-refractivity contribution is 0.0977. The Morgan fingerprint density at radius 1 is 1.04 bits per heavy atom. The number of aromatic nitrogens is 2. The zero-order chi connectivity index (χ0) is 18.1. The summed E-state index contributed by atoms with van der Waals surface area (Å²) in [7, 11) is 0. The van der Waals surface area contributed by atoms with Crippen molar-refractivity contribution in [2.75, 3.05) is 11.4 Å². The van der Waals surface area contributed by atoms with E-state index in [0.29, 0.717) is 5.69 Å². The van der Waals surface area contributed by atoms with Gasteiger partial charge in [0.05, 0.1) is 11.4 Å². The molecule has 0 saturated heterocycles. The minimum atomic E-state index is 0.0143. The Hall–Kier alpha value is -2.88. The van der Waals surface area contributed by atoms with Crippen molar-refractivity contribution in [2.24, 2.45) is 0 Å². The van der Waals surface area contributed by atoms with Crippen molar-refractivity contribution in [1.29, 1.82) is 0 Å². The van der Waals surface area contributed by atoms with Crippen molar-refractivity contribution in [3.05, 3.63) is 77.6 Å². The van der Waals surface area contributed by atoms with Gasteiger partial charge in [-0.1, -0.05) is 50.2 Å². The third-order valence-electron chi connectivity index (χ3n) is 4.90. The number of hydrogen-bond donors (Lipinski definition) is 0. The first-order chi connectivity index (χ1) is 12.6. The van der Waals surface area contributed by atoms with Crippen LogP contribution in [0.1, 0.15) is 47.9 Å². The van der Waals surface area contributed by atoms with Gasteiger partial charge >= 0.3 is 0 Å². The van der Waals surface area contributed by atoms with Gasteiger partial charge in [0.25, 0.3) is 5.91 Å². The molecule has 0 N–H and O–H groups in total. The van der Waals surface area contributed by atoms with E-state index in [9.17, 15) is 4.79 Å². The van der Waals surface area contributed by atoms with Crippen molar-refractivity contribution in [3.8, 4) is 5.69 Å². The minimum Gasteiger partial charge on any atom is -0.307 e. The predicted molar refractivity (Wildman–Crippen MR) is 104 cm³/mol. The summed E-state index contributed by atoms with van der Waals surface area (Å²) in [5.41, 5.74) is 4.73. The van der Waals surface area contributed by atoms with E-state index >= 15 is 0 Å². The van der Waals surface area contributed by atoms with Gasteiger partial charge < -0.3 is 4.90 Å². The van der Waals surface area contributed by atoms with Crippen LogP contribution < -0.4 is 4.90 Å². The Kier molecular flexibility index (Phi) is 4.33. The van der Waals surface area contributed by atoms with Crippen LogP contribution >= 0.6 is 0 Å². The lowest BCUT2D eigenvalue weighted by Gasteiger charge is -2.29. The molecule has 0 bridgehead atoms. The van der Waals surface area contributed by atoms with Crippen LogP contribution in [0.4, 0.5) is 5.69 Å². The highest BCUT2D eigenvalue weighted by atomic mass is 16.2. The standard InChI is InChI=1S/C22H23N3O/c1-16(2)19-15-21(25(23-19)18-11-4-3-5-12-18)22(26)24-14-8-10-17-9-6-7-13-20(17)24/h3-7,9,11-13,15-16H,8,10,14H2,1-2H3. The molecule has 1 aromatic heterocycles. The number of benzene rings is 2. The maximum Gasteiger partial charge on any atom is 0.277 e. The number of para-hydroxylation sites is 2. The molecule has 0 aliphatic carbocycles. The van der Waals surface area contributed by atoms with E-state index in [1.807, 2.05) is 59.5 Å². The molecule has 132 valence electrons. The minimum absolute atomic E-state index is 0.0143. The zero-order valence-corrected chi connectivity index (χ0v) is 15.2. The normalized spacial score (nSPS) is 13.7. The van der Waals surface area contributed by atoms with Gasteiger partial charge in [0, 0.05) is 12.2 Å². The van der Waals surface area contributed by atoms with Crippen LogP contribution in [0.3, 0.4) is 0 Å². The van der Waals surface area contributed by atoms with Crippen molar-refractivity contribution in [3.63, 3.8) is 0 Å². The van der Waals surface area contributed by atoms with Gasteiger partial charge in [0.2, 0.25) is 0 Å². The highest BCUT2D eigenvalue weighted by molar-refractivity contribution is 6.06. The molecule has 1 amide bonds. The van der Waals surface area contributed by atoms with Crippen LogP contribution in [0.15, 0.2) is 60.7 Å². The van der Waals surface area contributed by atoms with Gasteiger partial charge in [0.15, 0.2) is 0 Å². The smallest absolute Gasteiger partial charge is 0.277 e. The second-order valence-corrected chi connectivity index (χ2v) is 7.05. The van der Waals surface area contributed by atoms with Gasteiger partial charge in [-0.15, -0.1) is 0 Å². The summed E-state index contributed by atoms with van der Waals surface area (Å²) >= 11 is 0. The molecule has 1 aliphatic rings. The third kappa shape index (κ3) is 2.92. The molecule has 0 atom stereocenters. The SMILES string of the molecule is CC(C)c1cc(C(=O)N2CCCc3ccccc32)n(-c2ccccc2)n1. The lowest BCUT2D eigenvalue weighted by Crippen LogP contribution is -2.36. The van der Waals surface area contributed by atoms with Crippen LogP contribution in [-0.4, -0.2) is 22.2 Å². The van der Waals surface area contributed by atoms with Crippen molar-refractivity contribution in [2.45, 2.75) is 32.6 Å². The second kappa shape index (κ2) is 6.79. The fourth-order valence-electron chi connectivity index (χ4n) is 3.48. The van der Waals surface area contributed by atoms with Crippen molar-refractivity contribution >= 4 is 11.6 Å². The van der Waals surface area contributed by atoms with Crippen LogP contribution in [0.5, 0.6) is 0 Å². The van der Waals surface area contributed by atoms with Crippen LogP contribution in [0, 0.1) is 0 Å². The summed E-state index contributed by atoms with van der Waals surface area (Å²) in [5, 5.41) is 4.72. The topological polar surface area (TPSA) is 38.1 Å². The first-order valence-electron chi connectivity index (χ1n) is 9.20. The zero-order valence-electron chi connectivity index (χ0n) is 15.2. The van der Waals surface area contributed by atoms with Crippen LogP contribution in [-0.2, 0) is 6.42 Å². The van der Waals surface area contributed by atoms with E-state index in [2.05, 4.69) is 19.9 Å². The van der Waals surface area contributed by atoms with E-state index < -0.39 is 0 Å². The van der Waals surface area contributed by atoms with E-state index in [1.54, 1.807) is 4.68 Å². The first kappa shape index (κ1) is 16.6. The Morgan fingerprint density at radius 2 is 1.77 bits per heavy atom. The Morgan fingerprint density at radius 3 is 2.54 bits per heavy atom. The second-order valence-electron chi connectivity index (χ2n) is 7.05. The fraction of sp³-hybridized carbons (Fsp3) is 0.273. The van der Waals surface area contributed by atoms with Gasteiger partial charge in [-0.3, -0.25) is 4.79 Å². The van der Waals surface area contributed by atoms with E-state index in [-0.39, 0.29) is 11.8 Å². The molecule has 2 heterocycles. The molecular weight excluding hydrogens is 322 g/mol. The number of anilines is 1. The number of nitrogens with zero attached hydrogens (tertiary/aromatic N) is 3. The van der Waals surface area contributed by atoms with Crippen molar-refractivity contribution in [1.82, 2.24) is 9.78 Å². The number of hydrogen-bond acceptors (Lipinski definition) is 2. The molecule has 0 radical (unpaired) electrons. The van der Waals surface area contributed by atoms with Gasteiger partial charge in [-0.2, -0.15) is 5.10 Å². The summed E-state index contributed by atoms with van der Waals surface area (Å²) < 4.78 is 1.79. The lowest BCUT2D eigenvalue weighted by atomic mass is 10.0. The number of amides is 1. The molecule has 0 spiro atoms. The number of carbonyl (C=O) groups excluding carboxylic acids is 1. The quantitative estimate of drug-likeness (QED) is 0.696. The highest BCUT2D eigenvalue weighted by Gasteiger charge is 2.27. The Bertz CT molecular complexity index is 928. The molecule has 4 nitrogen and oxygen atoms in total. The predicted octanol–water partition coefficient (Wildman–Crippen LogP) is 4.59. The average molecular weight is 345 g/mol. The molecular formula is C22H23N3O. The molecule has 0 fully saturated rings. The molecule has 2 aromatic carbocycles. The average Bonchev–Trinajstić information content (AvgIpc) is 3.13. The highest BCUT2D eigenvalue weighted by Crippen LogP contribution is 2.29. The van der Waals surface area contributed by atoms with E-state index in [4.69, 9.17) is 5.10 Å². The monoisotopic (exact) mass is 345 g/mol. The van der Waals surface area contributed by atoms with E-state index in [1.165, 1.54) is 5.56 Å². The third-order valence-corrected chi connectivity index (χ3v) is 4.90. The maximum atomic E-state index is 13.5. The summed E-state index contributed by atoms with van der Waals surface area (Å²) in [6.45, 7) is 4.94. The molecule has 26 heavy (non-hydrogen) atoms. The largest absolute Gasteiger partial charge is 0.307 e. The Labute approximate surface area is 154 Å². The van der Waals surface area contributed by atoms with Gasteiger partial charge in [-0.05, 0) is 48.6 Å². The summed E-state index contributed by atoms with van der Waals surface area (Å²) in [6, 6.07) is 20.0. The summed E-state index contributed by atoms with van der Waals surface area (Å²) in [6.07, 6.45) is 2.01. The number of rotatable bonds is 3. The summed E-state index contributed by atoms with van der Waals surface area (Å²) in [4.78, 5) is 15.4. The molecule has 4 heteroatoms. The molecule has 4 rings (SSSR count). The molecule has 0 unspecified atom stereocenters. The number of carbonyl (C=O) groups is 1. The van der Waals surface area contributed by atoms with E-state index in [0.717, 1.165) is 36.5 Å². The molecule has 3 aromatic rings. The van der Waals surface area contributed by atoms with Crippen LogP contribution in [0.2, 0.25) is 0 Å². The molecule has 1 aliphatic heterocycles. The summed E-state index contributed by atoms with van der Waals surface area (Å²) in [5.74, 6) is 0.278. The first-order valence-corrected chi connectivity index (χ1v) is 9.20. The van der Waals surface area contributed by atoms with Crippen LogP contribution in [0.25, 0.3) is 5.69 Å². The fourth-order valence-corrected chi connectivity index (χ4v) is 3.48. The van der Waals surface area contributed by atoms with Gasteiger partial charge in [0.1, 0.15) is 5.69 Å². The van der Waals surface area contributed by atoms with Gasteiger partial charge in [-0.25, -0.2) is 4.68 Å².